The highest BCUT2D eigenvalue weighted by Crippen LogP contribution is 2.24. The van der Waals surface area contributed by atoms with Gasteiger partial charge >= 0.3 is 0 Å². The van der Waals surface area contributed by atoms with E-state index in [9.17, 15) is 4.79 Å². The largest absolute Gasteiger partial charge is 0.497 e. The molecule has 5 nitrogen and oxygen atoms in total. The molecule has 2 rings (SSSR count). The molecule has 24 heavy (non-hydrogen) atoms. The Kier molecular flexibility index (Phi) is 8.53. The van der Waals surface area contributed by atoms with Crippen LogP contribution in [0.15, 0.2) is 24.3 Å². The third kappa shape index (κ3) is 5.36. The molecule has 0 bridgehead atoms. The fourth-order valence-electron chi connectivity index (χ4n) is 3.21. The van der Waals surface area contributed by atoms with E-state index in [1.165, 1.54) is 0 Å². The van der Waals surface area contributed by atoms with Crippen molar-refractivity contribution in [1.82, 2.24) is 10.6 Å². The van der Waals surface area contributed by atoms with Gasteiger partial charge in [0.2, 0.25) is 5.91 Å². The zero-order chi connectivity index (χ0) is 16.8. The smallest absolute Gasteiger partial charge is 0.223 e. The van der Waals surface area contributed by atoms with E-state index in [2.05, 4.69) is 17.6 Å². The summed E-state index contributed by atoms with van der Waals surface area (Å²) in [5, 5.41) is 6.50. The van der Waals surface area contributed by atoms with Crippen molar-refractivity contribution in [2.75, 3.05) is 20.8 Å². The summed E-state index contributed by atoms with van der Waals surface area (Å²) in [5.41, 5.74) is 1.03. The fourth-order valence-corrected chi connectivity index (χ4v) is 3.21. The predicted molar refractivity (Wildman–Crippen MR) is 97.8 cm³/mol. The number of piperidine rings is 1. The van der Waals surface area contributed by atoms with Gasteiger partial charge in [-0.05, 0) is 50.9 Å². The molecule has 1 amide bonds. The van der Waals surface area contributed by atoms with Crippen LogP contribution in [-0.4, -0.2) is 38.8 Å². The predicted octanol–water partition coefficient (Wildman–Crippen LogP) is 2.70. The number of carbonyl (C=O) groups is 1. The van der Waals surface area contributed by atoms with E-state index in [4.69, 9.17) is 9.47 Å². The molecular formula is C18H29ClN2O3. The monoisotopic (exact) mass is 356 g/mol. The van der Waals surface area contributed by atoms with Gasteiger partial charge in [-0.1, -0.05) is 12.1 Å². The van der Waals surface area contributed by atoms with Crippen molar-refractivity contribution in [3.05, 3.63) is 29.8 Å². The highest BCUT2D eigenvalue weighted by Gasteiger charge is 2.28. The summed E-state index contributed by atoms with van der Waals surface area (Å²) in [6.45, 7) is 5.01. The van der Waals surface area contributed by atoms with E-state index in [0.717, 1.165) is 30.7 Å². The number of nitrogens with one attached hydrogen (secondary N) is 2. The van der Waals surface area contributed by atoms with Crippen LogP contribution in [0.25, 0.3) is 0 Å². The Labute approximate surface area is 150 Å². The Morgan fingerprint density at radius 2 is 1.96 bits per heavy atom. The van der Waals surface area contributed by atoms with Gasteiger partial charge in [0, 0.05) is 19.1 Å². The van der Waals surface area contributed by atoms with Gasteiger partial charge in [0.05, 0.1) is 13.2 Å². The molecule has 1 aliphatic rings. The number of ether oxygens (including phenoxy) is 2. The average molecular weight is 357 g/mol. The lowest BCUT2D eigenvalue weighted by molar-refractivity contribution is -0.127. The Morgan fingerprint density at radius 1 is 1.29 bits per heavy atom. The quantitative estimate of drug-likeness (QED) is 0.822. The lowest BCUT2D eigenvalue weighted by Gasteiger charge is -2.30. The number of hydrogen-bond acceptors (Lipinski definition) is 4. The number of rotatable bonds is 6. The van der Waals surface area contributed by atoms with Crippen LogP contribution >= 0.6 is 12.4 Å². The van der Waals surface area contributed by atoms with E-state index >= 15 is 0 Å². The van der Waals surface area contributed by atoms with Gasteiger partial charge in [0.25, 0.3) is 0 Å². The molecule has 0 radical (unpaired) electrons. The van der Waals surface area contributed by atoms with Crippen LogP contribution in [0, 0.1) is 5.92 Å². The van der Waals surface area contributed by atoms with Crippen LogP contribution in [0.3, 0.4) is 0 Å². The topological polar surface area (TPSA) is 59.6 Å². The molecule has 4 atom stereocenters. The number of carbonyl (C=O) groups excluding carboxylic acids is 1. The molecular weight excluding hydrogens is 328 g/mol. The molecule has 0 aromatic heterocycles. The van der Waals surface area contributed by atoms with Crippen molar-refractivity contribution in [2.24, 2.45) is 5.92 Å². The van der Waals surface area contributed by atoms with Gasteiger partial charge in [0.1, 0.15) is 11.9 Å². The Hall–Kier alpha value is -1.30. The number of benzene rings is 1. The second-order valence-corrected chi connectivity index (χ2v) is 6.30. The molecule has 0 aliphatic carbocycles. The second-order valence-electron chi connectivity index (χ2n) is 6.30. The summed E-state index contributed by atoms with van der Waals surface area (Å²) in [4.78, 5) is 12.5. The van der Waals surface area contributed by atoms with E-state index in [1.807, 2.05) is 31.2 Å². The molecule has 1 aliphatic heterocycles. The summed E-state index contributed by atoms with van der Waals surface area (Å²) in [6.07, 6.45) is 1.60. The van der Waals surface area contributed by atoms with Crippen LogP contribution in [-0.2, 0) is 9.53 Å². The summed E-state index contributed by atoms with van der Waals surface area (Å²) in [6, 6.07) is 8.07. The summed E-state index contributed by atoms with van der Waals surface area (Å²) in [7, 11) is 3.32. The molecule has 1 aromatic carbocycles. The van der Waals surface area contributed by atoms with E-state index in [-0.39, 0.29) is 36.4 Å². The third-order valence-corrected chi connectivity index (χ3v) is 4.52. The van der Waals surface area contributed by atoms with Crippen LogP contribution in [0.2, 0.25) is 0 Å². The molecule has 0 saturated carbocycles. The van der Waals surface area contributed by atoms with Crippen LogP contribution in [0.1, 0.15) is 38.4 Å². The van der Waals surface area contributed by atoms with Crippen LogP contribution < -0.4 is 15.4 Å². The highest BCUT2D eigenvalue weighted by molar-refractivity contribution is 5.85. The van der Waals surface area contributed by atoms with Gasteiger partial charge in [-0.25, -0.2) is 0 Å². The fraction of sp³-hybridized carbons (Fsp3) is 0.611. The molecule has 6 heteroatoms. The number of methoxy groups -OCH3 is 2. The maximum atomic E-state index is 12.5. The van der Waals surface area contributed by atoms with Gasteiger partial charge in [-0.3, -0.25) is 4.79 Å². The summed E-state index contributed by atoms with van der Waals surface area (Å²) < 4.78 is 10.8. The first-order valence-corrected chi connectivity index (χ1v) is 8.25. The standard InChI is InChI=1S/C18H28N2O3.ClH/c1-12-11-15(9-10-19-12)18(21)20-13(2)17(23-4)14-5-7-16(22-3)8-6-14;/h5-8,12-13,15,17,19H,9-11H2,1-4H3,(H,20,21);1H/t12-,13?,15-,17?;/m0./s1. The molecule has 2 N–H and O–H groups in total. The Balaban J connectivity index is 0.00000288. The summed E-state index contributed by atoms with van der Waals surface area (Å²) in [5.74, 6) is 1.02. The van der Waals surface area contributed by atoms with Crippen LogP contribution in [0.5, 0.6) is 5.75 Å². The minimum atomic E-state index is -0.177. The minimum Gasteiger partial charge on any atom is -0.497 e. The summed E-state index contributed by atoms with van der Waals surface area (Å²) >= 11 is 0. The van der Waals surface area contributed by atoms with Crippen molar-refractivity contribution >= 4 is 18.3 Å². The number of halogens is 1. The van der Waals surface area contributed by atoms with Gasteiger partial charge < -0.3 is 20.1 Å². The lowest BCUT2D eigenvalue weighted by Crippen LogP contribution is -2.46. The Morgan fingerprint density at radius 3 is 2.50 bits per heavy atom. The van der Waals surface area contributed by atoms with E-state index in [1.54, 1.807) is 14.2 Å². The zero-order valence-electron chi connectivity index (χ0n) is 14.9. The lowest BCUT2D eigenvalue weighted by atomic mass is 9.92. The first-order valence-electron chi connectivity index (χ1n) is 8.25. The first kappa shape index (κ1) is 20.7. The van der Waals surface area contributed by atoms with Crippen molar-refractivity contribution < 1.29 is 14.3 Å². The van der Waals surface area contributed by atoms with Crippen molar-refractivity contribution in [3.8, 4) is 5.75 Å². The molecule has 1 fully saturated rings. The molecule has 136 valence electrons. The number of hydrogen-bond donors (Lipinski definition) is 2. The molecule has 1 saturated heterocycles. The normalized spacial score (nSPS) is 22.8. The molecule has 1 aromatic rings. The van der Waals surface area contributed by atoms with Crippen molar-refractivity contribution in [3.63, 3.8) is 0 Å². The van der Waals surface area contributed by atoms with Crippen LogP contribution in [0.4, 0.5) is 0 Å². The molecule has 2 unspecified atom stereocenters. The maximum absolute atomic E-state index is 12.5. The molecule has 1 heterocycles. The number of amides is 1. The third-order valence-electron chi connectivity index (χ3n) is 4.52. The van der Waals surface area contributed by atoms with Crippen molar-refractivity contribution in [1.29, 1.82) is 0 Å². The second kappa shape index (κ2) is 9.87. The van der Waals surface area contributed by atoms with Gasteiger partial charge in [-0.15, -0.1) is 12.4 Å². The van der Waals surface area contributed by atoms with Gasteiger partial charge in [0.15, 0.2) is 0 Å². The van der Waals surface area contributed by atoms with Crippen molar-refractivity contribution in [2.45, 2.75) is 44.9 Å². The maximum Gasteiger partial charge on any atom is 0.223 e. The van der Waals surface area contributed by atoms with Gasteiger partial charge in [-0.2, -0.15) is 0 Å². The first-order chi connectivity index (χ1) is 11.0. The zero-order valence-corrected chi connectivity index (χ0v) is 15.7. The Bertz CT molecular complexity index is 509. The average Bonchev–Trinajstić information content (AvgIpc) is 2.56. The van der Waals surface area contributed by atoms with E-state index in [0.29, 0.717) is 6.04 Å². The molecule has 0 spiro atoms. The SMILES string of the molecule is COc1ccc(C(OC)C(C)NC(=O)[C@H]2CCN[C@@H](C)C2)cc1.Cl. The minimum absolute atomic E-state index is 0. The highest BCUT2D eigenvalue weighted by atomic mass is 35.5. The van der Waals surface area contributed by atoms with E-state index < -0.39 is 0 Å².